The number of aryl methyl sites for hydroxylation is 3. The molecule has 0 radical (unpaired) electrons. The number of anilines is 3. The van der Waals surface area contributed by atoms with E-state index in [9.17, 15) is 9.59 Å². The van der Waals surface area contributed by atoms with E-state index in [0.29, 0.717) is 0 Å². The standard InChI is InChI=1S/C24H33N3O2/c1-7-20-12-10-11-17(4)24(20)27(19(6)28)16-23(29)25-22-14-13-21(15-18(22)5)26(8-2)9-3/h10-15H,7-9,16H2,1-6H3,(H,25,29). The number of nitrogens with one attached hydrogen (secondary N) is 1. The van der Waals surface area contributed by atoms with Gasteiger partial charge < -0.3 is 15.1 Å². The molecule has 0 heterocycles. The molecular formula is C24H33N3O2. The van der Waals surface area contributed by atoms with Crippen molar-refractivity contribution >= 4 is 28.9 Å². The Morgan fingerprint density at radius 3 is 2.21 bits per heavy atom. The molecule has 5 nitrogen and oxygen atoms in total. The average molecular weight is 396 g/mol. The van der Waals surface area contributed by atoms with Gasteiger partial charge in [-0.3, -0.25) is 9.59 Å². The summed E-state index contributed by atoms with van der Waals surface area (Å²) in [5, 5.41) is 2.97. The summed E-state index contributed by atoms with van der Waals surface area (Å²) in [6.45, 7) is 13.6. The van der Waals surface area contributed by atoms with Crippen LogP contribution in [-0.4, -0.2) is 31.4 Å². The smallest absolute Gasteiger partial charge is 0.244 e. The minimum absolute atomic E-state index is 0.00950. The van der Waals surface area contributed by atoms with Crippen LogP contribution in [0, 0.1) is 13.8 Å². The van der Waals surface area contributed by atoms with Crippen LogP contribution in [0.5, 0.6) is 0 Å². The zero-order valence-corrected chi connectivity index (χ0v) is 18.5. The minimum Gasteiger partial charge on any atom is -0.372 e. The Hall–Kier alpha value is -2.82. The lowest BCUT2D eigenvalue weighted by Gasteiger charge is -2.26. The summed E-state index contributed by atoms with van der Waals surface area (Å²) in [6.07, 6.45) is 0.800. The molecule has 5 heteroatoms. The lowest BCUT2D eigenvalue weighted by Crippen LogP contribution is -2.37. The second-order valence-electron chi connectivity index (χ2n) is 7.26. The lowest BCUT2D eigenvalue weighted by molar-refractivity contribution is -0.120. The SMILES string of the molecule is CCc1cccc(C)c1N(CC(=O)Nc1ccc(N(CC)CC)cc1C)C(C)=O. The van der Waals surface area contributed by atoms with Gasteiger partial charge in [0.15, 0.2) is 0 Å². The fourth-order valence-electron chi connectivity index (χ4n) is 3.65. The summed E-state index contributed by atoms with van der Waals surface area (Å²) >= 11 is 0. The van der Waals surface area contributed by atoms with Crippen molar-refractivity contribution in [1.29, 1.82) is 0 Å². The normalized spacial score (nSPS) is 10.6. The number of carbonyl (C=O) groups is 2. The largest absolute Gasteiger partial charge is 0.372 e. The molecule has 2 aromatic carbocycles. The predicted molar refractivity (Wildman–Crippen MR) is 122 cm³/mol. The Morgan fingerprint density at radius 2 is 1.66 bits per heavy atom. The monoisotopic (exact) mass is 395 g/mol. The van der Waals surface area contributed by atoms with Crippen LogP contribution in [0.25, 0.3) is 0 Å². The van der Waals surface area contributed by atoms with Crippen molar-refractivity contribution in [2.24, 2.45) is 0 Å². The van der Waals surface area contributed by atoms with Crippen LogP contribution in [0.2, 0.25) is 0 Å². The molecule has 0 aliphatic carbocycles. The number of hydrogen-bond acceptors (Lipinski definition) is 3. The van der Waals surface area contributed by atoms with Gasteiger partial charge >= 0.3 is 0 Å². The summed E-state index contributed by atoms with van der Waals surface area (Å²) < 4.78 is 0. The van der Waals surface area contributed by atoms with Crippen LogP contribution in [0.4, 0.5) is 17.1 Å². The number of nitrogens with zero attached hydrogens (tertiary/aromatic N) is 2. The van der Waals surface area contributed by atoms with Crippen LogP contribution in [-0.2, 0) is 16.0 Å². The molecule has 1 N–H and O–H groups in total. The summed E-state index contributed by atoms with van der Waals surface area (Å²) in [5.41, 5.74) is 5.81. The molecule has 0 bridgehead atoms. The van der Waals surface area contributed by atoms with Gasteiger partial charge in [0.25, 0.3) is 0 Å². The van der Waals surface area contributed by atoms with Gasteiger partial charge in [-0.2, -0.15) is 0 Å². The highest BCUT2D eigenvalue weighted by Gasteiger charge is 2.20. The molecule has 0 unspecified atom stereocenters. The van der Waals surface area contributed by atoms with E-state index in [2.05, 4.69) is 37.1 Å². The Balaban J connectivity index is 2.22. The second-order valence-corrected chi connectivity index (χ2v) is 7.26. The topological polar surface area (TPSA) is 52.7 Å². The molecule has 0 saturated heterocycles. The molecule has 2 amide bonds. The summed E-state index contributed by atoms with van der Waals surface area (Å²) in [4.78, 5) is 29.0. The van der Waals surface area contributed by atoms with Crippen molar-refractivity contribution in [3.63, 3.8) is 0 Å². The Labute approximate surface area is 174 Å². The van der Waals surface area contributed by atoms with E-state index in [1.807, 2.05) is 44.2 Å². The molecule has 0 atom stereocenters. The highest BCUT2D eigenvalue weighted by atomic mass is 16.2. The van der Waals surface area contributed by atoms with Gasteiger partial charge in [0, 0.05) is 31.4 Å². The maximum absolute atomic E-state index is 12.8. The van der Waals surface area contributed by atoms with Crippen LogP contribution >= 0.6 is 0 Å². The van der Waals surface area contributed by atoms with Crippen LogP contribution < -0.4 is 15.1 Å². The van der Waals surface area contributed by atoms with E-state index in [-0.39, 0.29) is 18.4 Å². The minimum atomic E-state index is -0.204. The van der Waals surface area contributed by atoms with Crippen molar-refractivity contribution in [2.75, 3.05) is 34.8 Å². The zero-order valence-electron chi connectivity index (χ0n) is 18.5. The molecular weight excluding hydrogens is 362 g/mol. The number of carbonyl (C=O) groups excluding carboxylic acids is 2. The maximum atomic E-state index is 12.8. The fraction of sp³-hybridized carbons (Fsp3) is 0.417. The number of hydrogen-bond donors (Lipinski definition) is 1. The third-order valence-corrected chi connectivity index (χ3v) is 5.27. The van der Waals surface area contributed by atoms with E-state index in [1.54, 1.807) is 4.90 Å². The highest BCUT2D eigenvalue weighted by Crippen LogP contribution is 2.27. The van der Waals surface area contributed by atoms with Crippen LogP contribution in [0.15, 0.2) is 36.4 Å². The number of rotatable bonds is 8. The van der Waals surface area contributed by atoms with E-state index in [1.165, 1.54) is 6.92 Å². The molecule has 156 valence electrons. The Morgan fingerprint density at radius 1 is 0.966 bits per heavy atom. The van der Waals surface area contributed by atoms with E-state index < -0.39 is 0 Å². The molecule has 0 spiro atoms. The Kier molecular flexibility index (Phi) is 7.82. The van der Waals surface area contributed by atoms with E-state index in [4.69, 9.17) is 0 Å². The van der Waals surface area contributed by atoms with Gasteiger partial charge in [-0.05, 0) is 69.0 Å². The van der Waals surface area contributed by atoms with Crippen LogP contribution in [0.3, 0.4) is 0 Å². The molecule has 29 heavy (non-hydrogen) atoms. The summed E-state index contributed by atoms with van der Waals surface area (Å²) in [5.74, 6) is -0.345. The number of para-hydroxylation sites is 1. The van der Waals surface area contributed by atoms with Crippen LogP contribution in [0.1, 0.15) is 44.4 Å². The average Bonchev–Trinajstić information content (AvgIpc) is 2.69. The molecule has 2 rings (SSSR count). The van der Waals surface area contributed by atoms with Crippen molar-refractivity contribution in [3.8, 4) is 0 Å². The van der Waals surface area contributed by atoms with E-state index >= 15 is 0 Å². The van der Waals surface area contributed by atoms with Gasteiger partial charge in [0.1, 0.15) is 6.54 Å². The van der Waals surface area contributed by atoms with Crippen molar-refractivity contribution in [1.82, 2.24) is 0 Å². The molecule has 0 aliphatic rings. The highest BCUT2D eigenvalue weighted by molar-refractivity contribution is 6.03. The third kappa shape index (κ3) is 5.37. The van der Waals surface area contributed by atoms with Crippen molar-refractivity contribution < 1.29 is 9.59 Å². The first kappa shape index (κ1) is 22.5. The van der Waals surface area contributed by atoms with Crippen molar-refractivity contribution in [2.45, 2.75) is 48.0 Å². The fourth-order valence-corrected chi connectivity index (χ4v) is 3.65. The summed E-state index contributed by atoms with van der Waals surface area (Å²) in [6, 6.07) is 12.0. The second kappa shape index (κ2) is 10.1. The molecule has 0 aromatic heterocycles. The zero-order chi connectivity index (χ0) is 21.6. The number of amides is 2. The molecule has 0 fully saturated rings. The maximum Gasteiger partial charge on any atom is 0.244 e. The molecule has 0 saturated carbocycles. The lowest BCUT2D eigenvalue weighted by atomic mass is 10.0. The quantitative estimate of drug-likeness (QED) is 0.705. The van der Waals surface area contributed by atoms with Gasteiger partial charge in [-0.15, -0.1) is 0 Å². The first-order valence-electron chi connectivity index (χ1n) is 10.3. The first-order valence-corrected chi connectivity index (χ1v) is 10.3. The van der Waals surface area contributed by atoms with Gasteiger partial charge in [-0.25, -0.2) is 0 Å². The van der Waals surface area contributed by atoms with E-state index in [0.717, 1.165) is 53.3 Å². The first-order chi connectivity index (χ1) is 13.8. The summed E-state index contributed by atoms with van der Waals surface area (Å²) in [7, 11) is 0. The Bertz CT molecular complexity index is 872. The molecule has 2 aromatic rings. The van der Waals surface area contributed by atoms with Crippen molar-refractivity contribution in [3.05, 3.63) is 53.1 Å². The van der Waals surface area contributed by atoms with Gasteiger partial charge in [0.2, 0.25) is 11.8 Å². The van der Waals surface area contributed by atoms with Gasteiger partial charge in [-0.1, -0.05) is 25.1 Å². The predicted octanol–water partition coefficient (Wildman–Crippen LogP) is 4.70. The molecule has 0 aliphatic heterocycles. The number of benzene rings is 2. The van der Waals surface area contributed by atoms with Gasteiger partial charge in [0.05, 0.1) is 5.69 Å². The third-order valence-electron chi connectivity index (χ3n) is 5.27.